The van der Waals surface area contributed by atoms with Gasteiger partial charge in [0.05, 0.1) is 37.4 Å². The van der Waals surface area contributed by atoms with E-state index in [1.807, 2.05) is 17.5 Å². The topological polar surface area (TPSA) is 126 Å². The number of aliphatic hydroxyl groups is 1. The van der Waals surface area contributed by atoms with Crippen LogP contribution in [0, 0.1) is 11.3 Å². The largest absolute Gasteiger partial charge is 0.466 e. The van der Waals surface area contributed by atoms with Gasteiger partial charge in [0.25, 0.3) is 0 Å². The summed E-state index contributed by atoms with van der Waals surface area (Å²) in [5, 5.41) is 22.9. The van der Waals surface area contributed by atoms with Gasteiger partial charge in [-0.3, -0.25) is 4.90 Å². The van der Waals surface area contributed by atoms with Gasteiger partial charge in [-0.25, -0.2) is 9.59 Å². The van der Waals surface area contributed by atoms with Crippen LogP contribution in [0.3, 0.4) is 0 Å². The van der Waals surface area contributed by atoms with Crippen molar-refractivity contribution in [1.29, 1.82) is 5.26 Å². The average molecular weight is 502 g/mol. The van der Waals surface area contributed by atoms with Crippen LogP contribution in [0.5, 0.6) is 0 Å². The van der Waals surface area contributed by atoms with Gasteiger partial charge >= 0.3 is 11.9 Å². The second-order valence-corrected chi connectivity index (χ2v) is 8.83. The molecule has 9 heteroatoms. The number of rotatable bonds is 6. The Morgan fingerprint density at radius 3 is 2.39 bits per heavy atom. The van der Waals surface area contributed by atoms with E-state index in [1.165, 1.54) is 30.5 Å². The lowest BCUT2D eigenvalue weighted by atomic mass is 9.81. The predicted octanol–water partition coefficient (Wildman–Crippen LogP) is 3.73. The third-order valence-corrected chi connectivity index (χ3v) is 6.79. The predicted molar refractivity (Wildman–Crippen MR) is 134 cm³/mol. The SMILES string of the molecule is COC(=O)C1=C(C(=O)OC)N(c2cccc(C(O)c3cccs3)c2)C(N)=C(C#N)C1c1ccccc1. The van der Waals surface area contributed by atoms with Crippen molar-refractivity contribution in [2.45, 2.75) is 12.0 Å². The van der Waals surface area contributed by atoms with Crippen molar-refractivity contribution in [2.75, 3.05) is 19.1 Å². The van der Waals surface area contributed by atoms with E-state index < -0.39 is 24.0 Å². The van der Waals surface area contributed by atoms with Crippen LogP contribution < -0.4 is 10.6 Å². The fourth-order valence-corrected chi connectivity index (χ4v) is 4.96. The third kappa shape index (κ3) is 4.35. The van der Waals surface area contributed by atoms with Gasteiger partial charge in [-0.15, -0.1) is 11.3 Å². The number of aliphatic hydroxyl groups excluding tert-OH is 1. The number of benzene rings is 2. The zero-order chi connectivity index (χ0) is 25.8. The number of methoxy groups -OCH3 is 2. The Morgan fingerprint density at radius 1 is 1.06 bits per heavy atom. The summed E-state index contributed by atoms with van der Waals surface area (Å²) in [6.07, 6.45) is -0.918. The molecule has 2 atom stereocenters. The normalized spacial score (nSPS) is 16.4. The van der Waals surface area contributed by atoms with Crippen LogP contribution in [0.1, 0.15) is 28.0 Å². The lowest BCUT2D eigenvalue weighted by Crippen LogP contribution is -2.40. The first-order chi connectivity index (χ1) is 17.4. The maximum Gasteiger partial charge on any atom is 0.355 e. The van der Waals surface area contributed by atoms with Crippen LogP contribution in [0.25, 0.3) is 0 Å². The molecule has 0 saturated heterocycles. The fraction of sp³-hybridized carbons (Fsp3) is 0.148. The third-order valence-electron chi connectivity index (χ3n) is 5.87. The number of carbonyl (C=O) groups is 2. The Kier molecular flexibility index (Phi) is 7.20. The average Bonchev–Trinajstić information content (AvgIpc) is 3.46. The number of ether oxygens (including phenoxy) is 2. The number of nitriles is 1. The molecule has 3 aromatic rings. The summed E-state index contributed by atoms with van der Waals surface area (Å²) >= 11 is 1.40. The maximum atomic E-state index is 13.2. The van der Waals surface area contributed by atoms with Gasteiger partial charge in [-0.1, -0.05) is 48.5 Å². The Bertz CT molecular complexity index is 1390. The molecule has 0 saturated carbocycles. The Balaban J connectivity index is 1.98. The molecule has 1 aliphatic heterocycles. The van der Waals surface area contributed by atoms with Crippen LogP contribution in [0.15, 0.2) is 94.8 Å². The van der Waals surface area contributed by atoms with E-state index in [0.717, 1.165) is 4.88 Å². The molecule has 0 amide bonds. The minimum absolute atomic E-state index is 0.0397. The summed E-state index contributed by atoms with van der Waals surface area (Å²) < 4.78 is 10.1. The monoisotopic (exact) mass is 501 g/mol. The van der Waals surface area contributed by atoms with E-state index in [9.17, 15) is 20.0 Å². The van der Waals surface area contributed by atoms with Crippen molar-refractivity contribution in [3.8, 4) is 6.07 Å². The van der Waals surface area contributed by atoms with Gasteiger partial charge in [-0.2, -0.15) is 5.26 Å². The molecule has 0 bridgehead atoms. The van der Waals surface area contributed by atoms with E-state index in [1.54, 1.807) is 54.6 Å². The van der Waals surface area contributed by atoms with Gasteiger partial charge in [-0.05, 0) is 34.7 Å². The number of anilines is 1. The number of thiophene rings is 1. The molecule has 36 heavy (non-hydrogen) atoms. The quantitative estimate of drug-likeness (QED) is 0.490. The van der Waals surface area contributed by atoms with Crippen LogP contribution in [-0.2, 0) is 19.1 Å². The Hall–Kier alpha value is -4.39. The van der Waals surface area contributed by atoms with E-state index in [-0.39, 0.29) is 22.7 Å². The number of esters is 2. The highest BCUT2D eigenvalue weighted by molar-refractivity contribution is 7.10. The Morgan fingerprint density at radius 2 is 1.78 bits per heavy atom. The zero-order valence-corrected chi connectivity index (χ0v) is 20.4. The highest BCUT2D eigenvalue weighted by atomic mass is 32.1. The van der Waals surface area contributed by atoms with Crippen LogP contribution >= 0.6 is 11.3 Å². The van der Waals surface area contributed by atoms with Crippen molar-refractivity contribution < 1.29 is 24.2 Å². The van der Waals surface area contributed by atoms with Crippen molar-refractivity contribution in [3.05, 3.63) is 111 Å². The Labute approximate surface area is 212 Å². The van der Waals surface area contributed by atoms with Gasteiger partial charge in [0.15, 0.2) is 0 Å². The molecular formula is C27H23N3O5S. The van der Waals surface area contributed by atoms with Crippen molar-refractivity contribution in [2.24, 2.45) is 5.73 Å². The first kappa shape index (κ1) is 24.7. The summed E-state index contributed by atoms with van der Waals surface area (Å²) in [6.45, 7) is 0. The minimum atomic E-state index is -0.950. The maximum absolute atomic E-state index is 13.2. The molecular weight excluding hydrogens is 478 g/mol. The van der Waals surface area contributed by atoms with Crippen molar-refractivity contribution in [1.82, 2.24) is 0 Å². The molecule has 182 valence electrons. The molecule has 3 N–H and O–H groups in total. The zero-order valence-electron chi connectivity index (χ0n) is 19.5. The molecule has 2 unspecified atom stereocenters. The molecule has 2 aromatic carbocycles. The number of allylic oxidation sites excluding steroid dienone is 1. The molecule has 0 spiro atoms. The lowest BCUT2D eigenvalue weighted by molar-refractivity contribution is -0.139. The van der Waals surface area contributed by atoms with Gasteiger partial charge < -0.3 is 20.3 Å². The number of nitrogens with two attached hydrogens (primary N) is 1. The smallest absolute Gasteiger partial charge is 0.355 e. The number of carbonyl (C=O) groups excluding carboxylic acids is 2. The molecule has 0 radical (unpaired) electrons. The van der Waals surface area contributed by atoms with E-state index in [4.69, 9.17) is 15.2 Å². The molecule has 1 aromatic heterocycles. The van der Waals surface area contributed by atoms with Crippen molar-refractivity contribution >= 4 is 29.0 Å². The highest BCUT2D eigenvalue weighted by Gasteiger charge is 2.43. The minimum Gasteiger partial charge on any atom is -0.466 e. The number of hydrogen-bond donors (Lipinski definition) is 2. The van der Waals surface area contributed by atoms with Gasteiger partial charge in [0.2, 0.25) is 0 Å². The second kappa shape index (κ2) is 10.5. The second-order valence-electron chi connectivity index (χ2n) is 7.85. The molecule has 8 nitrogen and oxygen atoms in total. The van der Waals surface area contributed by atoms with E-state index in [0.29, 0.717) is 16.8 Å². The first-order valence-electron chi connectivity index (χ1n) is 10.9. The van der Waals surface area contributed by atoms with Gasteiger partial charge in [0.1, 0.15) is 17.6 Å². The van der Waals surface area contributed by atoms with Crippen molar-refractivity contribution in [3.63, 3.8) is 0 Å². The molecule has 0 fully saturated rings. The van der Waals surface area contributed by atoms with E-state index >= 15 is 0 Å². The summed E-state index contributed by atoms with van der Waals surface area (Å²) in [7, 11) is 2.39. The number of hydrogen-bond acceptors (Lipinski definition) is 9. The van der Waals surface area contributed by atoms with Crippen LogP contribution in [-0.4, -0.2) is 31.3 Å². The molecule has 0 aliphatic carbocycles. The van der Waals surface area contributed by atoms with Crippen LogP contribution in [0.2, 0.25) is 0 Å². The molecule has 1 aliphatic rings. The lowest BCUT2D eigenvalue weighted by Gasteiger charge is -2.36. The number of nitrogens with zero attached hydrogens (tertiary/aromatic N) is 2. The highest BCUT2D eigenvalue weighted by Crippen LogP contribution is 2.43. The van der Waals surface area contributed by atoms with Crippen LogP contribution in [0.4, 0.5) is 5.69 Å². The summed E-state index contributed by atoms with van der Waals surface area (Å²) in [5.74, 6) is -2.62. The summed E-state index contributed by atoms with van der Waals surface area (Å²) in [4.78, 5) is 28.3. The first-order valence-corrected chi connectivity index (χ1v) is 11.8. The molecule has 4 rings (SSSR count). The summed E-state index contributed by atoms with van der Waals surface area (Å²) in [6, 6.07) is 21.3. The van der Waals surface area contributed by atoms with E-state index in [2.05, 4.69) is 6.07 Å². The molecule has 2 heterocycles. The standard InChI is InChI=1S/C27H23N3O5S/c1-34-26(32)22-21(16-8-4-3-5-9-16)19(15-28)25(29)30(23(22)27(33)35-2)18-11-6-10-17(14-18)24(31)20-12-7-13-36-20/h3-14,21,24,31H,29H2,1-2H3. The van der Waals surface area contributed by atoms with Gasteiger partial charge in [0, 0.05) is 10.6 Å². The summed E-state index contributed by atoms with van der Waals surface area (Å²) in [5.41, 5.74) is 7.83. The fourth-order valence-electron chi connectivity index (χ4n) is 4.23.